The maximum Gasteiger partial charge on any atom is 0.339 e. The molecule has 2 aliphatic heterocycles. The van der Waals surface area contributed by atoms with Crippen molar-refractivity contribution in [3.63, 3.8) is 0 Å². The first kappa shape index (κ1) is 21.5. The average Bonchev–Trinajstić information content (AvgIpc) is 3.05. The number of esters is 2. The fourth-order valence-corrected chi connectivity index (χ4v) is 10.1. The minimum Gasteiger partial charge on any atom is -0.465 e. The van der Waals surface area contributed by atoms with E-state index in [0.717, 1.165) is 6.42 Å². The summed E-state index contributed by atoms with van der Waals surface area (Å²) in [4.78, 5) is 24.6. The van der Waals surface area contributed by atoms with Crippen LogP contribution in [0.15, 0.2) is 72.0 Å². The number of benzene rings is 2. The Kier molecular flexibility index (Phi) is 5.62. The lowest BCUT2D eigenvalue weighted by Crippen LogP contribution is -2.72. The molecule has 0 amide bonds. The van der Waals surface area contributed by atoms with E-state index in [4.69, 9.17) is 14.2 Å². The number of hydrogen-bond acceptors (Lipinski definition) is 5. The number of carbonyl (C=O) groups excluding carboxylic acids is 2. The Morgan fingerprint density at radius 2 is 1.58 bits per heavy atom. The van der Waals surface area contributed by atoms with Crippen LogP contribution < -0.4 is 10.4 Å². The molecule has 1 fully saturated rings. The predicted molar refractivity (Wildman–Crippen MR) is 121 cm³/mol. The molecule has 162 valence electrons. The van der Waals surface area contributed by atoms with Crippen LogP contribution in [0.2, 0.25) is 6.55 Å². The average molecular weight is 437 g/mol. The highest BCUT2D eigenvalue weighted by atomic mass is 28.3. The molecule has 31 heavy (non-hydrogen) atoms. The Hall–Kier alpha value is -2.70. The van der Waals surface area contributed by atoms with Crippen LogP contribution in [-0.2, 0) is 23.8 Å². The highest BCUT2D eigenvalue weighted by Gasteiger charge is 2.63. The van der Waals surface area contributed by atoms with Crippen LogP contribution in [0.1, 0.15) is 26.7 Å². The van der Waals surface area contributed by atoms with Gasteiger partial charge in [-0.1, -0.05) is 84.5 Å². The summed E-state index contributed by atoms with van der Waals surface area (Å²) in [5.74, 6) is -0.457. The van der Waals surface area contributed by atoms with Crippen molar-refractivity contribution >= 4 is 30.4 Å². The van der Waals surface area contributed by atoms with Crippen LogP contribution in [0, 0.1) is 5.92 Å². The first-order chi connectivity index (χ1) is 14.8. The zero-order valence-electron chi connectivity index (χ0n) is 18.4. The van der Waals surface area contributed by atoms with Crippen molar-refractivity contribution in [2.75, 3.05) is 7.11 Å². The lowest BCUT2D eigenvalue weighted by Gasteiger charge is -2.47. The van der Waals surface area contributed by atoms with E-state index in [1.165, 1.54) is 24.4 Å². The number of fused-ring (bicyclic) bond motifs is 2. The number of carbonyl (C=O) groups is 2. The molecular weight excluding hydrogens is 408 g/mol. The molecule has 0 saturated carbocycles. The SMILES string of the molecule is COC(=O)C1=C(OC(C)=O)C[C@]2([Si](C)(c3ccccc3)c3ccccc3)C[C@@H](C)[C@H]1O2. The van der Waals surface area contributed by atoms with Gasteiger partial charge in [-0.15, -0.1) is 0 Å². The minimum absolute atomic E-state index is 0.0846. The normalized spacial score (nSPS) is 25.3. The van der Waals surface area contributed by atoms with Crippen molar-refractivity contribution in [2.45, 2.75) is 44.6 Å². The maximum absolute atomic E-state index is 12.6. The van der Waals surface area contributed by atoms with Crippen LogP contribution in [0.4, 0.5) is 0 Å². The summed E-state index contributed by atoms with van der Waals surface area (Å²) < 4.78 is 17.5. The van der Waals surface area contributed by atoms with E-state index in [9.17, 15) is 9.59 Å². The maximum atomic E-state index is 12.6. The Balaban J connectivity index is 1.94. The van der Waals surface area contributed by atoms with Gasteiger partial charge in [0.1, 0.15) is 19.4 Å². The molecule has 4 rings (SSSR count). The second-order valence-electron chi connectivity index (χ2n) is 8.67. The molecule has 1 saturated heterocycles. The third-order valence-corrected chi connectivity index (χ3v) is 12.1. The van der Waals surface area contributed by atoms with E-state index < -0.39 is 31.3 Å². The molecule has 0 aliphatic carbocycles. The van der Waals surface area contributed by atoms with Gasteiger partial charge in [0.2, 0.25) is 0 Å². The number of rotatable bonds is 5. The Bertz CT molecular complexity index is 977. The van der Waals surface area contributed by atoms with Crippen LogP contribution in [0.25, 0.3) is 0 Å². The first-order valence-corrected chi connectivity index (χ1v) is 13.1. The van der Waals surface area contributed by atoms with Crippen LogP contribution in [0.5, 0.6) is 0 Å². The molecule has 0 unspecified atom stereocenters. The van der Waals surface area contributed by atoms with Crippen molar-refractivity contribution in [3.8, 4) is 0 Å². The lowest BCUT2D eigenvalue weighted by atomic mass is 9.98. The summed E-state index contributed by atoms with van der Waals surface area (Å²) >= 11 is 0. The second-order valence-corrected chi connectivity index (χ2v) is 13.0. The molecule has 0 aromatic heterocycles. The van der Waals surface area contributed by atoms with E-state index in [1.807, 2.05) is 12.1 Å². The van der Waals surface area contributed by atoms with Gasteiger partial charge in [0.05, 0.1) is 18.4 Å². The van der Waals surface area contributed by atoms with E-state index in [2.05, 4.69) is 62.0 Å². The molecule has 2 aliphatic rings. The fraction of sp³-hybridized carbons (Fsp3) is 0.360. The third-order valence-electron chi connectivity index (χ3n) is 6.84. The Morgan fingerprint density at radius 1 is 1.03 bits per heavy atom. The molecule has 0 spiro atoms. The Morgan fingerprint density at radius 3 is 2.06 bits per heavy atom. The molecule has 6 heteroatoms. The van der Waals surface area contributed by atoms with Crippen LogP contribution >= 0.6 is 0 Å². The summed E-state index contributed by atoms with van der Waals surface area (Å²) in [7, 11) is -1.18. The number of ether oxygens (including phenoxy) is 3. The summed E-state index contributed by atoms with van der Waals surface area (Å²) in [5, 5.41) is 1.94. The van der Waals surface area contributed by atoms with Crippen molar-refractivity contribution in [1.82, 2.24) is 0 Å². The molecule has 0 N–H and O–H groups in total. The van der Waals surface area contributed by atoms with Gasteiger partial charge in [-0.3, -0.25) is 4.79 Å². The van der Waals surface area contributed by atoms with Crippen molar-refractivity contribution in [1.29, 1.82) is 0 Å². The molecule has 5 nitrogen and oxygen atoms in total. The highest BCUT2D eigenvalue weighted by Crippen LogP contribution is 2.51. The largest absolute Gasteiger partial charge is 0.465 e. The Labute approximate surface area is 184 Å². The monoisotopic (exact) mass is 436 g/mol. The van der Waals surface area contributed by atoms with Gasteiger partial charge in [0.15, 0.2) is 0 Å². The quantitative estimate of drug-likeness (QED) is 0.533. The fourth-order valence-electron chi connectivity index (χ4n) is 5.34. The second kappa shape index (κ2) is 8.09. The van der Waals surface area contributed by atoms with Gasteiger partial charge in [0, 0.05) is 13.3 Å². The summed E-state index contributed by atoms with van der Waals surface area (Å²) in [6, 6.07) is 20.9. The first-order valence-electron chi connectivity index (χ1n) is 10.6. The number of hydrogen-bond donors (Lipinski definition) is 0. The molecule has 3 atom stereocenters. The smallest absolute Gasteiger partial charge is 0.339 e. The molecule has 0 radical (unpaired) electrons. The van der Waals surface area contributed by atoms with Gasteiger partial charge >= 0.3 is 11.9 Å². The standard InChI is InChI=1S/C25H28O5Si/c1-17-15-25(16-21(29-18(2)26)22(23(17)30-25)24(27)28-3)31(4,19-11-7-5-8-12-19)20-13-9-6-10-14-20/h5-14,17,23H,15-16H2,1-4H3/t17-,23-,25-/m1/s1. The van der Waals surface area contributed by atoms with E-state index in [0.29, 0.717) is 17.8 Å². The molecule has 2 aromatic carbocycles. The van der Waals surface area contributed by atoms with Gasteiger partial charge in [-0.05, 0) is 12.3 Å². The summed E-state index contributed by atoms with van der Waals surface area (Å²) in [6.07, 6.45) is 0.676. The summed E-state index contributed by atoms with van der Waals surface area (Å²) in [5.41, 5.74) is 0.343. The topological polar surface area (TPSA) is 61.8 Å². The van der Waals surface area contributed by atoms with Crippen molar-refractivity contribution < 1.29 is 23.8 Å². The molecular formula is C25H28O5Si. The third kappa shape index (κ3) is 3.44. The molecule has 2 bridgehead atoms. The molecule has 2 aromatic rings. The van der Waals surface area contributed by atoms with Gasteiger partial charge in [-0.2, -0.15) is 0 Å². The van der Waals surface area contributed by atoms with Crippen LogP contribution in [0.3, 0.4) is 0 Å². The van der Waals surface area contributed by atoms with Crippen LogP contribution in [-0.4, -0.2) is 38.5 Å². The van der Waals surface area contributed by atoms with Gasteiger partial charge in [0.25, 0.3) is 0 Å². The van der Waals surface area contributed by atoms with E-state index in [1.54, 1.807) is 0 Å². The van der Waals surface area contributed by atoms with Crippen molar-refractivity contribution in [3.05, 3.63) is 72.0 Å². The zero-order valence-corrected chi connectivity index (χ0v) is 19.4. The highest BCUT2D eigenvalue weighted by molar-refractivity contribution is 7.03. The minimum atomic E-state index is -2.52. The van der Waals surface area contributed by atoms with E-state index in [-0.39, 0.29) is 5.92 Å². The number of methoxy groups -OCH3 is 1. The van der Waals surface area contributed by atoms with Gasteiger partial charge in [-0.25, -0.2) is 4.79 Å². The van der Waals surface area contributed by atoms with Gasteiger partial charge < -0.3 is 14.2 Å². The lowest BCUT2D eigenvalue weighted by molar-refractivity contribution is -0.142. The van der Waals surface area contributed by atoms with Crippen molar-refractivity contribution in [2.24, 2.45) is 5.92 Å². The summed E-state index contributed by atoms with van der Waals surface area (Å²) in [6.45, 7) is 5.78. The predicted octanol–water partition coefficient (Wildman–Crippen LogP) is 2.98. The van der Waals surface area contributed by atoms with E-state index >= 15 is 0 Å². The molecule has 2 heterocycles. The zero-order chi connectivity index (χ0) is 22.2.